The van der Waals surface area contributed by atoms with Gasteiger partial charge in [0.25, 0.3) is 5.91 Å². The molecule has 1 aliphatic rings. The number of nitrogens with one attached hydrogen (secondary N) is 1. The minimum Gasteiger partial charge on any atom is -0.482 e. The van der Waals surface area contributed by atoms with Gasteiger partial charge in [-0.2, -0.15) is 5.10 Å². The second-order valence-corrected chi connectivity index (χ2v) is 6.39. The monoisotopic (exact) mass is 384 g/mol. The van der Waals surface area contributed by atoms with Crippen LogP contribution in [0.15, 0.2) is 28.4 Å². The fourth-order valence-corrected chi connectivity index (χ4v) is 2.92. The van der Waals surface area contributed by atoms with E-state index in [0.29, 0.717) is 11.3 Å². The zero-order valence-electron chi connectivity index (χ0n) is 12.6. The predicted molar refractivity (Wildman–Crippen MR) is 92.9 cm³/mol. The van der Waals surface area contributed by atoms with Gasteiger partial charge in [0.1, 0.15) is 11.0 Å². The zero-order chi connectivity index (χ0) is 18.4. The molecule has 1 unspecified atom stereocenters. The Morgan fingerprint density at radius 2 is 2.24 bits per heavy atom. The maximum absolute atomic E-state index is 11.6. The van der Waals surface area contributed by atoms with Crippen LogP contribution in [0.5, 0.6) is 5.75 Å². The number of carbonyl (C=O) groups excluding carboxylic acids is 2. The van der Waals surface area contributed by atoms with Crippen LogP contribution < -0.4 is 15.8 Å². The molecular weight excluding hydrogens is 372 g/mol. The highest BCUT2D eigenvalue weighted by molar-refractivity contribution is 8.15. The van der Waals surface area contributed by atoms with Crippen molar-refractivity contribution in [2.45, 2.75) is 11.7 Å². The van der Waals surface area contributed by atoms with E-state index in [1.165, 1.54) is 6.21 Å². The van der Waals surface area contributed by atoms with Gasteiger partial charge < -0.3 is 20.9 Å². The van der Waals surface area contributed by atoms with Crippen LogP contribution in [0.3, 0.4) is 0 Å². The summed E-state index contributed by atoms with van der Waals surface area (Å²) < 4.78 is 5.12. The number of carboxylic acids is 1. The molecule has 0 radical (unpaired) electrons. The number of rotatable bonds is 7. The number of primary amides is 1. The average molecular weight is 385 g/mol. The van der Waals surface area contributed by atoms with Crippen LogP contribution in [0, 0.1) is 0 Å². The van der Waals surface area contributed by atoms with Gasteiger partial charge >= 0.3 is 5.97 Å². The number of amidine groups is 1. The Balaban J connectivity index is 1.98. The van der Waals surface area contributed by atoms with Crippen molar-refractivity contribution in [1.29, 1.82) is 0 Å². The predicted octanol–water partition coefficient (Wildman–Crippen LogP) is 0.600. The van der Waals surface area contributed by atoms with Crippen LogP contribution in [0.2, 0.25) is 5.02 Å². The van der Waals surface area contributed by atoms with Crippen LogP contribution in [0.25, 0.3) is 0 Å². The Bertz CT molecular complexity index is 768. The van der Waals surface area contributed by atoms with Gasteiger partial charge in [0.05, 0.1) is 17.7 Å². The van der Waals surface area contributed by atoms with Crippen molar-refractivity contribution in [2.24, 2.45) is 15.9 Å². The van der Waals surface area contributed by atoms with Crippen LogP contribution in [-0.2, 0) is 14.4 Å². The summed E-state index contributed by atoms with van der Waals surface area (Å²) in [6, 6.07) is 4.74. The second kappa shape index (κ2) is 8.49. The molecule has 132 valence electrons. The van der Waals surface area contributed by atoms with Crippen LogP contribution in [0.1, 0.15) is 12.0 Å². The maximum Gasteiger partial charge on any atom is 0.305 e. The summed E-state index contributed by atoms with van der Waals surface area (Å²) >= 11 is 7.02. The minimum atomic E-state index is -1.06. The summed E-state index contributed by atoms with van der Waals surface area (Å²) in [5.41, 5.74) is 5.59. The molecular formula is C14H13ClN4O5S. The number of carboxylic acid groups (broad SMARTS) is 1. The molecule has 1 aliphatic heterocycles. The van der Waals surface area contributed by atoms with Gasteiger partial charge in [-0.1, -0.05) is 23.4 Å². The number of thioether (sulfide) groups is 1. The number of nitrogens with two attached hydrogens (primary N) is 1. The molecule has 0 saturated carbocycles. The molecule has 1 aromatic rings. The molecule has 0 spiro atoms. The lowest BCUT2D eigenvalue weighted by molar-refractivity contribution is -0.138. The largest absolute Gasteiger partial charge is 0.482 e. The van der Waals surface area contributed by atoms with Gasteiger partial charge in [-0.25, -0.2) is 0 Å². The maximum atomic E-state index is 11.6. The van der Waals surface area contributed by atoms with E-state index in [2.05, 4.69) is 15.5 Å². The van der Waals surface area contributed by atoms with Gasteiger partial charge in [0.2, 0.25) is 5.91 Å². The van der Waals surface area contributed by atoms with Crippen molar-refractivity contribution in [3.63, 3.8) is 0 Å². The molecule has 4 N–H and O–H groups in total. The summed E-state index contributed by atoms with van der Waals surface area (Å²) in [6.07, 6.45) is 1.11. The number of hydrogen-bond acceptors (Lipinski definition) is 7. The van der Waals surface area contributed by atoms with Gasteiger partial charge in [0.15, 0.2) is 11.8 Å². The summed E-state index contributed by atoms with van der Waals surface area (Å²) in [7, 11) is 0. The number of hydrogen-bond donors (Lipinski definition) is 3. The van der Waals surface area contributed by atoms with E-state index in [1.807, 2.05) is 0 Å². The quantitative estimate of drug-likeness (QED) is 0.464. The number of benzene rings is 1. The smallest absolute Gasteiger partial charge is 0.305 e. The highest BCUT2D eigenvalue weighted by atomic mass is 35.5. The Morgan fingerprint density at radius 3 is 2.88 bits per heavy atom. The number of halogens is 1. The Kier molecular flexibility index (Phi) is 6.37. The molecule has 1 fully saturated rings. The standard InChI is InChI=1S/C14H13ClN4O5S/c15-8-3-7(1-2-9(8)24-6-11(16)20)5-17-19-14-18-13(23)10(25-14)4-12(21)22/h1-3,5,10H,4,6H2,(H2,16,20)(H,21,22)(H,18,19,23). The highest BCUT2D eigenvalue weighted by Crippen LogP contribution is 2.25. The van der Waals surface area contributed by atoms with Gasteiger partial charge in [-0.05, 0) is 23.8 Å². The summed E-state index contributed by atoms with van der Waals surface area (Å²) in [4.78, 5) is 32.9. The molecule has 1 heterocycles. The third-order valence-corrected chi connectivity index (χ3v) is 4.19. The van der Waals surface area contributed by atoms with E-state index in [4.69, 9.17) is 27.2 Å². The number of carbonyl (C=O) groups is 3. The van der Waals surface area contributed by atoms with Crippen molar-refractivity contribution in [3.8, 4) is 5.75 Å². The summed E-state index contributed by atoms with van der Waals surface area (Å²) in [5.74, 6) is -1.79. The van der Waals surface area contributed by atoms with Gasteiger partial charge in [0, 0.05) is 0 Å². The minimum absolute atomic E-state index is 0.222. The lowest BCUT2D eigenvalue weighted by Gasteiger charge is -2.05. The summed E-state index contributed by atoms with van der Waals surface area (Å²) in [5, 5.41) is 18.6. The molecule has 1 saturated heterocycles. The first-order valence-electron chi connectivity index (χ1n) is 6.86. The van der Waals surface area contributed by atoms with Crippen LogP contribution >= 0.6 is 23.4 Å². The third kappa shape index (κ3) is 5.76. The fourth-order valence-electron chi connectivity index (χ4n) is 1.76. The molecule has 9 nitrogen and oxygen atoms in total. The van der Waals surface area contributed by atoms with Crippen molar-refractivity contribution in [3.05, 3.63) is 28.8 Å². The highest BCUT2D eigenvalue weighted by Gasteiger charge is 2.32. The second-order valence-electron chi connectivity index (χ2n) is 4.79. The molecule has 0 bridgehead atoms. The zero-order valence-corrected chi connectivity index (χ0v) is 14.2. The number of amides is 2. The van der Waals surface area contributed by atoms with Gasteiger partial charge in [-0.15, -0.1) is 5.10 Å². The molecule has 0 aromatic heterocycles. The lowest BCUT2D eigenvalue weighted by atomic mass is 10.2. The fraction of sp³-hybridized carbons (Fsp3) is 0.214. The summed E-state index contributed by atoms with van der Waals surface area (Å²) in [6.45, 7) is -0.283. The number of ether oxygens (including phenoxy) is 1. The third-order valence-electron chi connectivity index (χ3n) is 2.82. The number of nitrogens with zero attached hydrogens (tertiary/aromatic N) is 2. The SMILES string of the molecule is NC(=O)COc1ccc(C=NN=C2NC(=O)C(CC(=O)O)S2)cc1Cl. The Hall–Kier alpha value is -2.59. The average Bonchev–Trinajstić information content (AvgIpc) is 2.85. The van der Waals surface area contributed by atoms with Crippen LogP contribution in [-0.4, -0.2) is 46.1 Å². The van der Waals surface area contributed by atoms with Crippen LogP contribution in [0.4, 0.5) is 0 Å². The van der Waals surface area contributed by atoms with E-state index in [1.54, 1.807) is 18.2 Å². The first-order valence-corrected chi connectivity index (χ1v) is 8.12. The van der Waals surface area contributed by atoms with E-state index >= 15 is 0 Å². The molecule has 25 heavy (non-hydrogen) atoms. The van der Waals surface area contributed by atoms with E-state index < -0.39 is 23.0 Å². The van der Waals surface area contributed by atoms with E-state index in [-0.39, 0.29) is 23.2 Å². The van der Waals surface area contributed by atoms with Gasteiger partial charge in [-0.3, -0.25) is 14.4 Å². The van der Waals surface area contributed by atoms with Crippen molar-refractivity contribution >= 4 is 52.5 Å². The van der Waals surface area contributed by atoms with E-state index in [9.17, 15) is 14.4 Å². The normalized spacial score (nSPS) is 18.5. The molecule has 1 atom stereocenters. The topological polar surface area (TPSA) is 143 Å². The number of aliphatic carboxylic acids is 1. The Morgan fingerprint density at radius 1 is 1.48 bits per heavy atom. The first-order chi connectivity index (χ1) is 11.8. The molecule has 1 aromatic carbocycles. The first kappa shape index (κ1) is 18.7. The Labute approximate surface area is 151 Å². The molecule has 2 amide bonds. The lowest BCUT2D eigenvalue weighted by Crippen LogP contribution is -2.26. The van der Waals surface area contributed by atoms with Crippen molar-refractivity contribution in [1.82, 2.24) is 5.32 Å². The van der Waals surface area contributed by atoms with Crippen molar-refractivity contribution < 1.29 is 24.2 Å². The molecule has 11 heteroatoms. The molecule has 2 rings (SSSR count). The van der Waals surface area contributed by atoms with Crippen molar-refractivity contribution in [2.75, 3.05) is 6.61 Å². The van der Waals surface area contributed by atoms with E-state index in [0.717, 1.165) is 11.8 Å². The molecule has 0 aliphatic carbocycles.